The summed E-state index contributed by atoms with van der Waals surface area (Å²) in [6.07, 6.45) is 4.58. The van der Waals surface area contributed by atoms with Gasteiger partial charge in [0, 0.05) is 5.33 Å². The summed E-state index contributed by atoms with van der Waals surface area (Å²) < 4.78 is 0. The fourth-order valence-corrected chi connectivity index (χ4v) is 2.82. The van der Waals surface area contributed by atoms with Gasteiger partial charge in [-0.25, -0.2) is 0 Å². The van der Waals surface area contributed by atoms with Crippen LogP contribution in [0.2, 0.25) is 0 Å². The Kier molecular flexibility index (Phi) is 1.14. The molecule has 1 heteroatoms. The average molecular weight is 175 g/mol. The molecule has 2 fully saturated rings. The second kappa shape index (κ2) is 1.73. The Hall–Kier alpha value is 0.480. The van der Waals surface area contributed by atoms with E-state index < -0.39 is 0 Å². The minimum Gasteiger partial charge on any atom is -0.0925 e. The molecule has 0 aromatic carbocycles. The quantitative estimate of drug-likeness (QED) is 0.537. The maximum atomic E-state index is 3.54. The molecule has 0 aliphatic heterocycles. The summed E-state index contributed by atoms with van der Waals surface area (Å²) in [5.41, 5.74) is 0. The Morgan fingerprint density at radius 2 is 2.25 bits per heavy atom. The second-order valence-corrected chi connectivity index (χ2v) is 3.80. The molecule has 2 aliphatic carbocycles. The van der Waals surface area contributed by atoms with Crippen molar-refractivity contribution in [1.82, 2.24) is 0 Å². The average Bonchev–Trinajstić information content (AvgIpc) is 2.46. The molecule has 0 heterocycles. The Labute approximate surface area is 58.8 Å². The van der Waals surface area contributed by atoms with Crippen LogP contribution < -0.4 is 0 Å². The number of rotatable bonds is 1. The highest BCUT2D eigenvalue weighted by molar-refractivity contribution is 9.09. The van der Waals surface area contributed by atoms with Gasteiger partial charge in [-0.2, -0.15) is 0 Å². The lowest BCUT2D eigenvalue weighted by atomic mass is 10.1. The lowest BCUT2D eigenvalue weighted by Gasteiger charge is -2.03. The van der Waals surface area contributed by atoms with Gasteiger partial charge in [0.2, 0.25) is 0 Å². The van der Waals surface area contributed by atoms with E-state index in [0.29, 0.717) is 0 Å². The van der Waals surface area contributed by atoms with E-state index in [0.717, 1.165) is 17.8 Å². The molecule has 0 amide bonds. The van der Waals surface area contributed by atoms with E-state index in [1.165, 1.54) is 18.2 Å². The fourth-order valence-electron chi connectivity index (χ4n) is 2.01. The highest BCUT2D eigenvalue weighted by Gasteiger charge is 2.46. The van der Waals surface area contributed by atoms with E-state index in [9.17, 15) is 0 Å². The molecule has 0 nitrogen and oxygen atoms in total. The molecule has 2 rings (SSSR count). The summed E-state index contributed by atoms with van der Waals surface area (Å²) in [5.74, 6) is 3.37. The van der Waals surface area contributed by atoms with Crippen LogP contribution >= 0.6 is 15.9 Å². The third-order valence-electron chi connectivity index (χ3n) is 2.69. The van der Waals surface area contributed by atoms with Crippen molar-refractivity contribution in [2.24, 2.45) is 17.8 Å². The van der Waals surface area contributed by atoms with Gasteiger partial charge in [0.25, 0.3) is 0 Å². The number of alkyl halides is 1. The largest absolute Gasteiger partial charge is 0.0925 e. The maximum Gasteiger partial charge on any atom is 0.00624 e. The van der Waals surface area contributed by atoms with E-state index >= 15 is 0 Å². The van der Waals surface area contributed by atoms with E-state index in [1.54, 1.807) is 6.42 Å². The molecule has 0 aromatic heterocycles. The summed E-state index contributed by atoms with van der Waals surface area (Å²) >= 11 is 3.54. The highest BCUT2D eigenvalue weighted by atomic mass is 79.9. The topological polar surface area (TPSA) is 0 Å². The van der Waals surface area contributed by atoms with Crippen LogP contribution in [0.15, 0.2) is 0 Å². The van der Waals surface area contributed by atoms with Gasteiger partial charge >= 0.3 is 0 Å². The molecule has 3 unspecified atom stereocenters. The van der Waals surface area contributed by atoms with E-state index in [2.05, 4.69) is 15.9 Å². The predicted molar refractivity (Wildman–Crippen MR) is 38.1 cm³/mol. The van der Waals surface area contributed by atoms with E-state index in [4.69, 9.17) is 0 Å². The van der Waals surface area contributed by atoms with Gasteiger partial charge in [0.1, 0.15) is 0 Å². The minimum absolute atomic E-state index is 1.06. The zero-order chi connectivity index (χ0) is 5.56. The predicted octanol–water partition coefficient (Wildman–Crippen LogP) is 2.43. The first-order chi connectivity index (χ1) is 3.92. The fraction of sp³-hybridized carbons (Fsp3) is 1.00. The van der Waals surface area contributed by atoms with Crippen LogP contribution in [0, 0.1) is 17.8 Å². The van der Waals surface area contributed by atoms with E-state index in [-0.39, 0.29) is 0 Å². The Morgan fingerprint density at radius 3 is 2.50 bits per heavy atom. The molecular formula is C7H11Br. The van der Waals surface area contributed by atoms with Crippen LogP contribution in [-0.2, 0) is 0 Å². The highest BCUT2D eigenvalue weighted by Crippen LogP contribution is 2.55. The molecule has 2 aliphatic rings. The first-order valence-electron chi connectivity index (χ1n) is 3.48. The number of hydrogen-bond donors (Lipinski definition) is 0. The normalized spacial score (nSPS) is 51.4. The Balaban J connectivity index is 1.97. The zero-order valence-electron chi connectivity index (χ0n) is 4.94. The molecule has 3 atom stereocenters. The third kappa shape index (κ3) is 0.637. The molecule has 0 N–H and O–H groups in total. The van der Waals surface area contributed by atoms with Gasteiger partial charge in [-0.05, 0) is 37.0 Å². The summed E-state index contributed by atoms with van der Waals surface area (Å²) in [6, 6.07) is 0. The Bertz CT molecular complexity index is 101. The standard InChI is InChI=1S/C7H11Br/c8-4-6-2-1-5-3-7(5)6/h5-7H,1-4H2. The molecule has 46 valence electrons. The van der Waals surface area contributed by atoms with Gasteiger partial charge in [-0.15, -0.1) is 0 Å². The van der Waals surface area contributed by atoms with Crippen LogP contribution in [0.1, 0.15) is 19.3 Å². The van der Waals surface area contributed by atoms with Gasteiger partial charge in [-0.3, -0.25) is 0 Å². The van der Waals surface area contributed by atoms with Crippen molar-refractivity contribution in [3.8, 4) is 0 Å². The molecule has 0 aromatic rings. The molecule has 0 radical (unpaired) electrons. The lowest BCUT2D eigenvalue weighted by molar-refractivity contribution is 0.543. The lowest BCUT2D eigenvalue weighted by Crippen LogP contribution is -1.98. The van der Waals surface area contributed by atoms with Crippen molar-refractivity contribution in [2.75, 3.05) is 5.33 Å². The van der Waals surface area contributed by atoms with Gasteiger partial charge in [0.05, 0.1) is 0 Å². The van der Waals surface area contributed by atoms with Crippen LogP contribution in [0.25, 0.3) is 0 Å². The van der Waals surface area contributed by atoms with Gasteiger partial charge < -0.3 is 0 Å². The van der Waals surface area contributed by atoms with Crippen molar-refractivity contribution in [2.45, 2.75) is 19.3 Å². The van der Waals surface area contributed by atoms with Crippen molar-refractivity contribution in [3.63, 3.8) is 0 Å². The monoisotopic (exact) mass is 174 g/mol. The summed E-state index contributed by atoms with van der Waals surface area (Å²) in [7, 11) is 0. The first kappa shape index (κ1) is 5.28. The number of hydrogen-bond acceptors (Lipinski definition) is 0. The molecule has 2 saturated carbocycles. The summed E-state index contributed by atoms with van der Waals surface area (Å²) in [6.45, 7) is 0. The van der Waals surface area contributed by atoms with E-state index in [1.807, 2.05) is 0 Å². The van der Waals surface area contributed by atoms with Crippen LogP contribution in [0.5, 0.6) is 0 Å². The second-order valence-electron chi connectivity index (χ2n) is 3.15. The van der Waals surface area contributed by atoms with Gasteiger partial charge in [-0.1, -0.05) is 15.9 Å². The Morgan fingerprint density at radius 1 is 1.38 bits per heavy atom. The molecular weight excluding hydrogens is 164 g/mol. The van der Waals surface area contributed by atoms with Gasteiger partial charge in [0.15, 0.2) is 0 Å². The first-order valence-corrected chi connectivity index (χ1v) is 4.60. The third-order valence-corrected chi connectivity index (χ3v) is 3.52. The van der Waals surface area contributed by atoms with Crippen LogP contribution in [0.4, 0.5) is 0 Å². The molecule has 0 bridgehead atoms. The molecule has 0 spiro atoms. The SMILES string of the molecule is BrCC1CCC2CC12. The van der Waals surface area contributed by atoms with Crippen LogP contribution in [-0.4, -0.2) is 5.33 Å². The summed E-state index contributed by atoms with van der Waals surface area (Å²) in [5, 5.41) is 1.26. The smallest absolute Gasteiger partial charge is 0.00624 e. The van der Waals surface area contributed by atoms with Crippen molar-refractivity contribution in [3.05, 3.63) is 0 Å². The minimum atomic E-state index is 1.06. The summed E-state index contributed by atoms with van der Waals surface area (Å²) in [4.78, 5) is 0. The van der Waals surface area contributed by atoms with Crippen molar-refractivity contribution >= 4 is 15.9 Å². The molecule has 0 saturated heterocycles. The molecule has 8 heavy (non-hydrogen) atoms. The van der Waals surface area contributed by atoms with Crippen LogP contribution in [0.3, 0.4) is 0 Å². The zero-order valence-corrected chi connectivity index (χ0v) is 6.52. The number of halogens is 1. The van der Waals surface area contributed by atoms with Crippen molar-refractivity contribution < 1.29 is 0 Å². The van der Waals surface area contributed by atoms with Crippen molar-refractivity contribution in [1.29, 1.82) is 0 Å². The number of fused-ring (bicyclic) bond motifs is 1. The maximum absolute atomic E-state index is 3.54.